The Bertz CT molecular complexity index is 509. The molecule has 5 heteroatoms. The lowest BCUT2D eigenvalue weighted by Crippen LogP contribution is -2.38. The number of benzene rings is 1. The van der Waals surface area contributed by atoms with Crippen LogP contribution in [0.15, 0.2) is 18.2 Å². The first-order chi connectivity index (χ1) is 8.67. The van der Waals surface area contributed by atoms with Crippen molar-refractivity contribution in [3.8, 4) is 6.07 Å². The van der Waals surface area contributed by atoms with E-state index >= 15 is 0 Å². The summed E-state index contributed by atoms with van der Waals surface area (Å²) in [7, 11) is 0. The number of rotatable bonds is 3. The average Bonchev–Trinajstić information content (AvgIpc) is 2.73. The fourth-order valence-electron chi connectivity index (χ4n) is 2.14. The topological polar surface area (TPSA) is 56.1 Å². The molecule has 1 heterocycles. The fraction of sp³-hybridized carbons (Fsp3) is 0.385. The van der Waals surface area contributed by atoms with Crippen molar-refractivity contribution in [3.63, 3.8) is 0 Å². The van der Waals surface area contributed by atoms with E-state index < -0.39 is 0 Å². The number of nitriles is 1. The van der Waals surface area contributed by atoms with E-state index in [1.165, 1.54) is 0 Å². The standard InChI is InChI=1S/C13H14ClN3O/c1-2-16-11-5-6-17(13(11)18)12-7-9(8-15)3-4-10(12)14/h3-4,7,11,16H,2,5-6H2,1H3. The minimum absolute atomic E-state index is 0.0221. The molecule has 0 bridgehead atoms. The highest BCUT2D eigenvalue weighted by atomic mass is 35.5. The first-order valence-electron chi connectivity index (χ1n) is 5.91. The van der Waals surface area contributed by atoms with Crippen molar-refractivity contribution in [1.82, 2.24) is 5.32 Å². The molecule has 1 aliphatic rings. The molecule has 1 fully saturated rings. The maximum Gasteiger partial charge on any atom is 0.244 e. The Morgan fingerprint density at radius 1 is 1.61 bits per heavy atom. The number of likely N-dealkylation sites (N-methyl/N-ethyl adjacent to an activating group) is 1. The van der Waals surface area contributed by atoms with Crippen LogP contribution in [0.4, 0.5) is 5.69 Å². The molecule has 4 nitrogen and oxygen atoms in total. The first kappa shape index (κ1) is 12.9. The highest BCUT2D eigenvalue weighted by Crippen LogP contribution is 2.30. The third-order valence-corrected chi connectivity index (χ3v) is 3.34. The molecule has 0 spiro atoms. The summed E-state index contributed by atoms with van der Waals surface area (Å²) in [6, 6.07) is 6.88. The normalized spacial score (nSPS) is 19.1. The Kier molecular flexibility index (Phi) is 3.85. The molecule has 1 aliphatic heterocycles. The second kappa shape index (κ2) is 5.38. The Balaban J connectivity index is 2.28. The summed E-state index contributed by atoms with van der Waals surface area (Å²) in [4.78, 5) is 13.8. The van der Waals surface area contributed by atoms with Gasteiger partial charge in [-0.2, -0.15) is 5.26 Å². The summed E-state index contributed by atoms with van der Waals surface area (Å²) in [5, 5.41) is 12.5. The molecule has 1 aromatic rings. The highest BCUT2D eigenvalue weighted by molar-refractivity contribution is 6.34. The molecule has 0 saturated carbocycles. The fourth-order valence-corrected chi connectivity index (χ4v) is 2.36. The maximum atomic E-state index is 12.2. The number of anilines is 1. The van der Waals surface area contributed by atoms with Gasteiger partial charge in [0.25, 0.3) is 0 Å². The van der Waals surface area contributed by atoms with E-state index in [9.17, 15) is 4.79 Å². The van der Waals surface area contributed by atoms with Crippen molar-refractivity contribution in [1.29, 1.82) is 5.26 Å². The van der Waals surface area contributed by atoms with E-state index in [2.05, 4.69) is 11.4 Å². The van der Waals surface area contributed by atoms with Crippen molar-refractivity contribution in [3.05, 3.63) is 28.8 Å². The third-order valence-electron chi connectivity index (χ3n) is 3.02. The van der Waals surface area contributed by atoms with E-state index in [1.807, 2.05) is 6.92 Å². The van der Waals surface area contributed by atoms with Crippen LogP contribution in [0.25, 0.3) is 0 Å². The summed E-state index contributed by atoms with van der Waals surface area (Å²) < 4.78 is 0. The van der Waals surface area contributed by atoms with Crippen LogP contribution in [0, 0.1) is 11.3 Å². The van der Waals surface area contributed by atoms with Crippen molar-refractivity contribution in [2.75, 3.05) is 18.0 Å². The van der Waals surface area contributed by atoms with Gasteiger partial charge in [-0.3, -0.25) is 4.79 Å². The van der Waals surface area contributed by atoms with Crippen LogP contribution < -0.4 is 10.2 Å². The van der Waals surface area contributed by atoms with Gasteiger partial charge in [-0.25, -0.2) is 0 Å². The van der Waals surface area contributed by atoms with Crippen LogP contribution in [-0.4, -0.2) is 25.0 Å². The smallest absolute Gasteiger partial charge is 0.244 e. The first-order valence-corrected chi connectivity index (χ1v) is 6.29. The largest absolute Gasteiger partial charge is 0.309 e. The van der Waals surface area contributed by atoms with Gasteiger partial charge in [0.15, 0.2) is 0 Å². The molecule has 1 amide bonds. The van der Waals surface area contributed by atoms with Crippen LogP contribution in [0.3, 0.4) is 0 Å². The lowest BCUT2D eigenvalue weighted by Gasteiger charge is -2.18. The number of hydrogen-bond acceptors (Lipinski definition) is 3. The van der Waals surface area contributed by atoms with Crippen molar-refractivity contribution >= 4 is 23.2 Å². The van der Waals surface area contributed by atoms with Gasteiger partial charge >= 0.3 is 0 Å². The van der Waals surface area contributed by atoms with E-state index in [0.29, 0.717) is 22.8 Å². The summed E-state index contributed by atoms with van der Waals surface area (Å²) >= 11 is 6.10. The molecule has 0 aliphatic carbocycles. The zero-order valence-corrected chi connectivity index (χ0v) is 10.9. The van der Waals surface area contributed by atoms with Gasteiger partial charge < -0.3 is 10.2 Å². The number of nitrogens with zero attached hydrogens (tertiary/aromatic N) is 2. The van der Waals surface area contributed by atoms with Crippen LogP contribution in [-0.2, 0) is 4.79 Å². The molecule has 18 heavy (non-hydrogen) atoms. The molecule has 1 atom stereocenters. The van der Waals surface area contributed by atoms with Gasteiger partial charge in [0, 0.05) is 6.54 Å². The van der Waals surface area contributed by atoms with Crippen molar-refractivity contribution in [2.24, 2.45) is 0 Å². The minimum Gasteiger partial charge on any atom is -0.309 e. The molecular weight excluding hydrogens is 250 g/mol. The number of halogens is 1. The van der Waals surface area contributed by atoms with Gasteiger partial charge in [-0.1, -0.05) is 18.5 Å². The predicted molar refractivity (Wildman–Crippen MR) is 70.6 cm³/mol. The third kappa shape index (κ3) is 2.33. The average molecular weight is 264 g/mol. The van der Waals surface area contributed by atoms with Crippen LogP contribution in [0.2, 0.25) is 5.02 Å². The molecule has 1 aromatic carbocycles. The van der Waals surface area contributed by atoms with Crippen LogP contribution in [0.1, 0.15) is 18.9 Å². The van der Waals surface area contributed by atoms with Crippen molar-refractivity contribution in [2.45, 2.75) is 19.4 Å². The summed E-state index contributed by atoms with van der Waals surface area (Å²) in [5.74, 6) is 0.0221. The minimum atomic E-state index is -0.142. The van der Waals surface area contributed by atoms with Crippen LogP contribution >= 0.6 is 11.6 Å². The SMILES string of the molecule is CCNC1CCN(c2cc(C#N)ccc2Cl)C1=O. The Morgan fingerprint density at radius 2 is 2.39 bits per heavy atom. The molecule has 1 N–H and O–H groups in total. The van der Waals surface area contributed by atoms with E-state index in [-0.39, 0.29) is 11.9 Å². The van der Waals surface area contributed by atoms with Crippen LogP contribution in [0.5, 0.6) is 0 Å². The Morgan fingerprint density at radius 3 is 3.06 bits per heavy atom. The van der Waals surface area contributed by atoms with Gasteiger partial charge in [0.05, 0.1) is 28.4 Å². The summed E-state index contributed by atoms with van der Waals surface area (Å²) in [5.41, 5.74) is 1.13. The van der Waals surface area contributed by atoms with Crippen molar-refractivity contribution < 1.29 is 4.79 Å². The quantitative estimate of drug-likeness (QED) is 0.907. The number of nitrogens with one attached hydrogen (secondary N) is 1. The maximum absolute atomic E-state index is 12.2. The molecular formula is C13H14ClN3O. The Labute approximate surface area is 111 Å². The van der Waals surface area contributed by atoms with E-state index in [0.717, 1.165) is 13.0 Å². The van der Waals surface area contributed by atoms with E-state index in [1.54, 1.807) is 23.1 Å². The summed E-state index contributed by atoms with van der Waals surface area (Å²) in [6.07, 6.45) is 0.764. The second-order valence-electron chi connectivity index (χ2n) is 4.17. The molecule has 2 rings (SSSR count). The number of carbonyl (C=O) groups excluding carboxylic acids is 1. The van der Waals surface area contributed by atoms with Gasteiger partial charge in [-0.05, 0) is 31.2 Å². The van der Waals surface area contributed by atoms with Gasteiger partial charge in [0.1, 0.15) is 0 Å². The highest BCUT2D eigenvalue weighted by Gasteiger charge is 2.32. The number of amides is 1. The predicted octanol–water partition coefficient (Wildman–Crippen LogP) is 1.93. The molecule has 94 valence electrons. The number of carbonyl (C=O) groups is 1. The van der Waals surface area contributed by atoms with Gasteiger partial charge in [-0.15, -0.1) is 0 Å². The molecule has 0 aromatic heterocycles. The molecule has 0 radical (unpaired) electrons. The molecule has 1 unspecified atom stereocenters. The van der Waals surface area contributed by atoms with Gasteiger partial charge in [0.2, 0.25) is 5.91 Å². The number of hydrogen-bond donors (Lipinski definition) is 1. The Hall–Kier alpha value is -1.57. The van der Waals surface area contributed by atoms with E-state index in [4.69, 9.17) is 16.9 Å². The second-order valence-corrected chi connectivity index (χ2v) is 4.57. The summed E-state index contributed by atoms with van der Waals surface area (Å²) in [6.45, 7) is 3.36. The lowest BCUT2D eigenvalue weighted by atomic mass is 10.2. The molecule has 1 saturated heterocycles. The zero-order chi connectivity index (χ0) is 13.1. The lowest BCUT2D eigenvalue weighted by molar-refractivity contribution is -0.118. The zero-order valence-electron chi connectivity index (χ0n) is 10.1. The monoisotopic (exact) mass is 263 g/mol.